The van der Waals surface area contributed by atoms with Gasteiger partial charge in [-0.3, -0.25) is 0 Å². The van der Waals surface area contributed by atoms with Crippen LogP contribution in [0.4, 0.5) is 4.39 Å². The highest BCUT2D eigenvalue weighted by molar-refractivity contribution is 5.79. The van der Waals surface area contributed by atoms with E-state index in [1.807, 2.05) is 37.3 Å². The summed E-state index contributed by atoms with van der Waals surface area (Å²) < 4.78 is 42.4. The number of carbonyl (C=O) groups is 1. The molecule has 10 heteroatoms. The monoisotopic (exact) mass is 537 g/mol. The lowest BCUT2D eigenvalue weighted by Gasteiger charge is -2.25. The summed E-state index contributed by atoms with van der Waals surface area (Å²) in [6.45, 7) is 7.41. The number of halogens is 1. The van der Waals surface area contributed by atoms with Crippen LogP contribution in [-0.4, -0.2) is 35.3 Å². The van der Waals surface area contributed by atoms with Crippen molar-refractivity contribution < 1.29 is 32.2 Å². The van der Waals surface area contributed by atoms with E-state index >= 15 is 0 Å². The lowest BCUT2D eigenvalue weighted by molar-refractivity contribution is -0.158. The predicted molar refractivity (Wildman–Crippen MR) is 141 cm³/mol. The highest BCUT2D eigenvalue weighted by Crippen LogP contribution is 2.35. The summed E-state index contributed by atoms with van der Waals surface area (Å²) in [5, 5.41) is 3.19. The van der Waals surface area contributed by atoms with Crippen molar-refractivity contribution in [3.63, 3.8) is 0 Å². The van der Waals surface area contributed by atoms with E-state index in [-0.39, 0.29) is 18.1 Å². The lowest BCUT2D eigenvalue weighted by Crippen LogP contribution is -2.40. The maximum absolute atomic E-state index is 15.0. The van der Waals surface area contributed by atoms with Crippen molar-refractivity contribution >= 4 is 5.97 Å². The average Bonchev–Trinajstić information content (AvgIpc) is 3.52. The van der Waals surface area contributed by atoms with E-state index in [1.54, 1.807) is 19.3 Å². The van der Waals surface area contributed by atoms with Crippen molar-refractivity contribution in [3.8, 4) is 23.0 Å². The number of aromatic nitrogens is 2. The molecule has 2 aromatic heterocycles. The van der Waals surface area contributed by atoms with Crippen LogP contribution >= 0.6 is 0 Å². The predicted octanol–water partition coefficient (Wildman–Crippen LogP) is 5.39. The van der Waals surface area contributed by atoms with Crippen molar-refractivity contribution in [2.45, 2.75) is 52.8 Å². The third-order valence-electron chi connectivity index (χ3n) is 5.88. The average molecular weight is 538 g/mol. The van der Waals surface area contributed by atoms with Gasteiger partial charge in [-0.15, -0.1) is 0 Å². The molecule has 0 aliphatic rings. The van der Waals surface area contributed by atoms with E-state index in [1.165, 1.54) is 27.0 Å². The Morgan fingerprint density at radius 3 is 2.62 bits per heavy atom. The van der Waals surface area contributed by atoms with Crippen molar-refractivity contribution in [3.05, 3.63) is 83.1 Å². The van der Waals surface area contributed by atoms with E-state index in [0.717, 1.165) is 22.7 Å². The van der Waals surface area contributed by atoms with Crippen LogP contribution in [0.1, 0.15) is 49.4 Å². The van der Waals surface area contributed by atoms with Crippen LogP contribution in [0.25, 0.3) is 11.5 Å². The zero-order valence-corrected chi connectivity index (χ0v) is 22.7. The molecular formula is C29H32FN3O6. The Morgan fingerprint density at radius 1 is 1.13 bits per heavy atom. The molecule has 0 fully saturated rings. The second-order valence-electron chi connectivity index (χ2n) is 9.34. The molecule has 4 aromatic rings. The maximum atomic E-state index is 15.0. The summed E-state index contributed by atoms with van der Waals surface area (Å²) >= 11 is 0. The Hall–Kier alpha value is -4.18. The molecule has 0 spiro atoms. The molecule has 206 valence electrons. The zero-order chi connectivity index (χ0) is 28.0. The third-order valence-corrected chi connectivity index (χ3v) is 5.88. The van der Waals surface area contributed by atoms with Gasteiger partial charge in [0.25, 0.3) is 0 Å². The van der Waals surface area contributed by atoms with Gasteiger partial charge in [0.05, 0.1) is 31.6 Å². The van der Waals surface area contributed by atoms with Gasteiger partial charge in [0.2, 0.25) is 17.4 Å². The Morgan fingerprint density at radius 2 is 1.90 bits per heavy atom. The summed E-state index contributed by atoms with van der Waals surface area (Å²) in [7, 11) is 1.41. The molecule has 9 nitrogen and oxygen atoms in total. The molecule has 39 heavy (non-hydrogen) atoms. The molecule has 2 aromatic carbocycles. The van der Waals surface area contributed by atoms with Crippen LogP contribution in [0, 0.1) is 12.7 Å². The molecule has 4 rings (SSSR count). The van der Waals surface area contributed by atoms with Gasteiger partial charge in [0.1, 0.15) is 12.0 Å². The van der Waals surface area contributed by atoms with Crippen LogP contribution < -0.4 is 14.8 Å². The molecule has 0 bridgehead atoms. The number of nitrogens with one attached hydrogen (secondary N) is 1. The van der Waals surface area contributed by atoms with Crippen LogP contribution in [0.2, 0.25) is 0 Å². The minimum absolute atomic E-state index is 0.157. The van der Waals surface area contributed by atoms with E-state index < -0.39 is 17.4 Å². The molecule has 0 saturated heterocycles. The van der Waals surface area contributed by atoms with Crippen molar-refractivity contribution in [2.24, 2.45) is 0 Å². The summed E-state index contributed by atoms with van der Waals surface area (Å²) in [6.07, 6.45) is 2.06. The van der Waals surface area contributed by atoms with Gasteiger partial charge in [-0.25, -0.2) is 19.2 Å². The smallest absolute Gasteiger partial charge is 0.349 e. The van der Waals surface area contributed by atoms with E-state index in [4.69, 9.17) is 23.0 Å². The largest absolute Gasteiger partial charge is 0.493 e. The van der Waals surface area contributed by atoms with Gasteiger partial charge in [0, 0.05) is 18.5 Å². The zero-order valence-electron chi connectivity index (χ0n) is 22.7. The van der Waals surface area contributed by atoms with E-state index in [0.29, 0.717) is 36.9 Å². The van der Waals surface area contributed by atoms with Crippen molar-refractivity contribution in [1.82, 2.24) is 15.3 Å². The number of oxazole rings is 2. The fourth-order valence-electron chi connectivity index (χ4n) is 3.87. The van der Waals surface area contributed by atoms with Gasteiger partial charge in [0.15, 0.2) is 17.3 Å². The molecule has 0 unspecified atom stereocenters. The van der Waals surface area contributed by atoms with Crippen LogP contribution in [0.3, 0.4) is 0 Å². The number of benzene rings is 2. The van der Waals surface area contributed by atoms with Crippen LogP contribution in [0.15, 0.2) is 57.6 Å². The number of ether oxygens (including phenoxy) is 3. The number of hydrogen-bond acceptors (Lipinski definition) is 9. The summed E-state index contributed by atoms with van der Waals surface area (Å²) in [6, 6.07) is 12.7. The fourth-order valence-corrected chi connectivity index (χ4v) is 3.87. The topological polar surface area (TPSA) is 109 Å². The molecule has 0 aliphatic heterocycles. The van der Waals surface area contributed by atoms with Gasteiger partial charge < -0.3 is 28.4 Å². The first-order valence-corrected chi connectivity index (χ1v) is 12.6. The number of aryl methyl sites for hydroxylation is 1. The van der Waals surface area contributed by atoms with Gasteiger partial charge in [-0.05, 0) is 57.5 Å². The molecule has 0 saturated carbocycles. The summed E-state index contributed by atoms with van der Waals surface area (Å²) in [5.41, 5.74) is 1.65. The molecule has 0 atom stereocenters. The van der Waals surface area contributed by atoms with Gasteiger partial charge >= 0.3 is 5.97 Å². The van der Waals surface area contributed by atoms with Crippen LogP contribution in [0.5, 0.6) is 11.5 Å². The summed E-state index contributed by atoms with van der Waals surface area (Å²) in [5.74, 6) is 0.536. The molecule has 0 radical (unpaired) electrons. The van der Waals surface area contributed by atoms with E-state index in [9.17, 15) is 9.18 Å². The second-order valence-corrected chi connectivity index (χ2v) is 9.34. The van der Waals surface area contributed by atoms with Gasteiger partial charge in [-0.1, -0.05) is 18.2 Å². The Balaban J connectivity index is 1.36. The van der Waals surface area contributed by atoms with Crippen molar-refractivity contribution in [2.75, 3.05) is 13.7 Å². The minimum atomic E-state index is -1.39. The second kappa shape index (κ2) is 12.1. The maximum Gasteiger partial charge on any atom is 0.349 e. The Labute approximate surface area is 226 Å². The Bertz CT molecular complexity index is 1410. The van der Waals surface area contributed by atoms with Crippen molar-refractivity contribution in [1.29, 1.82) is 0 Å². The number of rotatable bonds is 12. The first kappa shape index (κ1) is 27.8. The van der Waals surface area contributed by atoms with E-state index in [2.05, 4.69) is 15.3 Å². The summed E-state index contributed by atoms with van der Waals surface area (Å²) in [4.78, 5) is 21.3. The highest BCUT2D eigenvalue weighted by Gasteiger charge is 2.34. The highest BCUT2D eigenvalue weighted by atomic mass is 19.1. The standard InChI is InChI=1S/C29H32FN3O6/c1-6-36-28(34)29(3,4)39-26-22(30)12-19(13-24(26)35-5)15-31-16-25-32-21(17-37-25)14-23-18(2)38-27(33-23)20-10-8-7-9-11-20/h7-13,17,31H,6,14-16H2,1-5H3. The number of methoxy groups -OCH3 is 1. The number of nitrogens with zero attached hydrogens (tertiary/aromatic N) is 2. The quantitative estimate of drug-likeness (QED) is 0.238. The molecule has 0 aliphatic carbocycles. The molecule has 1 N–H and O–H groups in total. The first-order chi connectivity index (χ1) is 18.7. The first-order valence-electron chi connectivity index (χ1n) is 12.6. The number of esters is 1. The minimum Gasteiger partial charge on any atom is -0.493 e. The molecular weight excluding hydrogens is 505 g/mol. The molecule has 0 amide bonds. The lowest BCUT2D eigenvalue weighted by atomic mass is 10.1. The fraction of sp³-hybridized carbons (Fsp3) is 0.345. The number of carbonyl (C=O) groups excluding carboxylic acids is 1. The normalized spacial score (nSPS) is 11.4. The third kappa shape index (κ3) is 6.83. The van der Waals surface area contributed by atoms with Crippen LogP contribution in [-0.2, 0) is 29.0 Å². The SMILES string of the molecule is CCOC(=O)C(C)(C)Oc1c(F)cc(CNCc2nc(Cc3nc(-c4ccccc4)oc3C)co2)cc1OC. The Kier molecular flexibility index (Phi) is 8.65. The molecule has 2 heterocycles. The van der Waals surface area contributed by atoms with Gasteiger partial charge in [-0.2, -0.15) is 0 Å². The number of hydrogen-bond donors (Lipinski definition) is 1.